The molecule has 0 N–H and O–H groups in total. The number of rotatable bonds is 2. The second-order valence-corrected chi connectivity index (χ2v) is 3.29. The van der Waals surface area contributed by atoms with Gasteiger partial charge in [-0.15, -0.1) is 0 Å². The fourth-order valence-corrected chi connectivity index (χ4v) is 1.06. The predicted octanol–water partition coefficient (Wildman–Crippen LogP) is -2.16. The normalized spacial score (nSPS) is 10.3. The molecule has 0 amide bonds. The quantitative estimate of drug-likeness (QED) is 0.327. The molecule has 0 spiro atoms. The van der Waals surface area contributed by atoms with Crippen LogP contribution in [-0.2, 0) is 10.4 Å². The molecule has 6 heteroatoms. The van der Waals surface area contributed by atoms with E-state index >= 15 is 0 Å². The van der Waals surface area contributed by atoms with Gasteiger partial charge in [0.2, 0.25) is 0 Å². The van der Waals surface area contributed by atoms with Crippen molar-refractivity contribution >= 4 is 10.4 Å². The van der Waals surface area contributed by atoms with Crippen molar-refractivity contribution in [1.29, 1.82) is 0 Å². The molecule has 0 bridgehead atoms. The summed E-state index contributed by atoms with van der Waals surface area (Å²) in [5.41, 5.74) is 0.964. The Balaban J connectivity index is 0.00000144. The topological polar surface area (TPSA) is 66.4 Å². The first-order chi connectivity index (χ1) is 5.47. The largest absolute Gasteiger partial charge is 1.00 e. The fraction of sp³-hybridized carbons (Fsp3) is 0.143. The summed E-state index contributed by atoms with van der Waals surface area (Å²) in [6.07, 6.45) is 0. The number of hydrogen-bond acceptors (Lipinski definition) is 4. The van der Waals surface area contributed by atoms with Crippen molar-refractivity contribution in [3.63, 3.8) is 0 Å². The van der Waals surface area contributed by atoms with Crippen molar-refractivity contribution in [2.45, 2.75) is 6.92 Å². The van der Waals surface area contributed by atoms with Gasteiger partial charge in [0.15, 0.2) is 0 Å². The van der Waals surface area contributed by atoms with E-state index < -0.39 is 10.4 Å². The van der Waals surface area contributed by atoms with Crippen molar-refractivity contribution in [3.05, 3.63) is 29.8 Å². The Bertz CT molecular complexity index is 357. The molecule has 0 radical (unpaired) electrons. The molecule has 0 aliphatic rings. The van der Waals surface area contributed by atoms with E-state index in [-0.39, 0.29) is 57.1 Å². The SMILES string of the molecule is Cc1ccc(OS(=O)(=O)[O-])cc1.[K+]. The van der Waals surface area contributed by atoms with Crippen molar-refractivity contribution in [1.82, 2.24) is 0 Å². The molecule has 1 rings (SSSR count). The molecule has 0 aliphatic carbocycles. The van der Waals surface area contributed by atoms with Crippen molar-refractivity contribution in [2.24, 2.45) is 0 Å². The number of hydrogen-bond donors (Lipinski definition) is 0. The third-order valence-corrected chi connectivity index (χ3v) is 1.62. The van der Waals surface area contributed by atoms with Crippen molar-refractivity contribution in [3.8, 4) is 5.75 Å². The summed E-state index contributed by atoms with van der Waals surface area (Å²) in [5, 5.41) is 0. The zero-order valence-corrected chi connectivity index (χ0v) is 11.3. The molecule has 13 heavy (non-hydrogen) atoms. The average Bonchev–Trinajstić information content (AvgIpc) is 1.91. The second-order valence-electron chi connectivity index (χ2n) is 2.30. The van der Waals surface area contributed by atoms with E-state index in [0.717, 1.165) is 5.56 Å². The van der Waals surface area contributed by atoms with Crippen LogP contribution in [0, 0.1) is 6.92 Å². The van der Waals surface area contributed by atoms with E-state index in [9.17, 15) is 13.0 Å². The summed E-state index contributed by atoms with van der Waals surface area (Å²) in [7, 11) is -4.64. The second kappa shape index (κ2) is 5.45. The van der Waals surface area contributed by atoms with Crippen LogP contribution in [0.2, 0.25) is 0 Å². The summed E-state index contributed by atoms with van der Waals surface area (Å²) in [6, 6.07) is 6.15. The molecule has 0 unspecified atom stereocenters. The van der Waals surface area contributed by atoms with Crippen LogP contribution in [0.3, 0.4) is 0 Å². The van der Waals surface area contributed by atoms with Gasteiger partial charge in [0, 0.05) is 0 Å². The monoisotopic (exact) mass is 226 g/mol. The smallest absolute Gasteiger partial charge is 0.716 e. The molecule has 0 aliphatic heterocycles. The summed E-state index contributed by atoms with van der Waals surface area (Å²) in [4.78, 5) is 0. The van der Waals surface area contributed by atoms with Crippen LogP contribution in [0.1, 0.15) is 5.56 Å². The van der Waals surface area contributed by atoms with Gasteiger partial charge in [-0.25, -0.2) is 8.42 Å². The number of aryl methyl sites for hydroxylation is 1. The van der Waals surface area contributed by atoms with Crippen LogP contribution in [-0.4, -0.2) is 13.0 Å². The molecule has 0 saturated heterocycles. The third kappa shape index (κ3) is 5.79. The van der Waals surface area contributed by atoms with Gasteiger partial charge in [-0.05, 0) is 19.1 Å². The van der Waals surface area contributed by atoms with Gasteiger partial charge >= 0.3 is 51.4 Å². The Hall–Kier alpha value is 0.566. The zero-order valence-electron chi connectivity index (χ0n) is 7.35. The van der Waals surface area contributed by atoms with Gasteiger partial charge in [-0.2, -0.15) is 0 Å². The van der Waals surface area contributed by atoms with E-state index in [1.165, 1.54) is 12.1 Å². The van der Waals surface area contributed by atoms with Crippen LogP contribution in [0.4, 0.5) is 0 Å². The molecular weight excluding hydrogens is 219 g/mol. The first-order valence-electron chi connectivity index (χ1n) is 3.19. The minimum absolute atomic E-state index is 0. The van der Waals surface area contributed by atoms with E-state index in [2.05, 4.69) is 4.18 Å². The van der Waals surface area contributed by atoms with Crippen LogP contribution >= 0.6 is 0 Å². The summed E-state index contributed by atoms with van der Waals surface area (Å²) < 4.78 is 34.4. The molecule has 0 aromatic heterocycles. The maximum atomic E-state index is 10.1. The minimum Gasteiger partial charge on any atom is -0.716 e. The molecule has 0 saturated carbocycles. The minimum atomic E-state index is -4.64. The molecule has 0 atom stereocenters. The van der Waals surface area contributed by atoms with E-state index in [4.69, 9.17) is 0 Å². The summed E-state index contributed by atoms with van der Waals surface area (Å²) in [5.74, 6) is 0.0376. The molecule has 1 aromatic rings. The number of benzene rings is 1. The molecular formula is C7H7KO4S. The van der Waals surface area contributed by atoms with Crippen LogP contribution in [0.25, 0.3) is 0 Å². The van der Waals surface area contributed by atoms with Crippen LogP contribution in [0.15, 0.2) is 24.3 Å². The Labute approximate surface area is 120 Å². The van der Waals surface area contributed by atoms with Crippen LogP contribution < -0.4 is 55.6 Å². The van der Waals surface area contributed by atoms with E-state index in [1.807, 2.05) is 6.92 Å². The van der Waals surface area contributed by atoms with Gasteiger partial charge in [0.1, 0.15) is 5.75 Å². The van der Waals surface area contributed by atoms with Crippen molar-refractivity contribution in [2.75, 3.05) is 0 Å². The molecule has 1 aromatic carbocycles. The molecule has 0 fully saturated rings. The summed E-state index contributed by atoms with van der Waals surface area (Å²) in [6.45, 7) is 1.84. The van der Waals surface area contributed by atoms with Crippen molar-refractivity contribution < 1.29 is 68.5 Å². The molecule has 0 heterocycles. The maximum absolute atomic E-state index is 10.1. The molecule has 66 valence electrons. The Morgan fingerprint density at radius 2 is 1.69 bits per heavy atom. The third-order valence-electron chi connectivity index (χ3n) is 1.22. The maximum Gasteiger partial charge on any atom is 1.00 e. The van der Waals surface area contributed by atoms with Gasteiger partial charge < -0.3 is 8.74 Å². The Morgan fingerprint density at radius 1 is 1.23 bits per heavy atom. The van der Waals surface area contributed by atoms with Crippen LogP contribution in [0.5, 0.6) is 5.75 Å². The van der Waals surface area contributed by atoms with E-state index in [0.29, 0.717) is 0 Å². The Kier molecular flexibility index (Phi) is 5.69. The predicted molar refractivity (Wildman–Crippen MR) is 41.5 cm³/mol. The van der Waals surface area contributed by atoms with E-state index in [1.54, 1.807) is 12.1 Å². The van der Waals surface area contributed by atoms with Gasteiger partial charge in [0.25, 0.3) is 10.4 Å². The fourth-order valence-electron chi connectivity index (χ4n) is 0.712. The summed E-state index contributed by atoms with van der Waals surface area (Å²) >= 11 is 0. The molecule has 4 nitrogen and oxygen atoms in total. The zero-order chi connectivity index (χ0) is 9.19. The Morgan fingerprint density at radius 3 is 2.08 bits per heavy atom. The van der Waals surface area contributed by atoms with Gasteiger partial charge in [-0.1, -0.05) is 17.7 Å². The van der Waals surface area contributed by atoms with Gasteiger partial charge in [0.05, 0.1) is 0 Å². The standard InChI is InChI=1S/C7H8O4S.K/c1-6-2-4-7(5-3-6)11-12(8,9)10;/h2-5H,1H3,(H,8,9,10);/q;+1/p-1. The first kappa shape index (κ1) is 13.6. The average molecular weight is 226 g/mol. The first-order valence-corrected chi connectivity index (χ1v) is 4.53. The van der Waals surface area contributed by atoms with Gasteiger partial charge in [-0.3, -0.25) is 0 Å².